The van der Waals surface area contributed by atoms with Crippen molar-refractivity contribution in [2.24, 2.45) is 0 Å². The second-order valence-electron chi connectivity index (χ2n) is 9.40. The van der Waals surface area contributed by atoms with E-state index >= 15 is 0 Å². The van der Waals surface area contributed by atoms with Gasteiger partial charge in [-0.25, -0.2) is 4.68 Å². The predicted molar refractivity (Wildman–Crippen MR) is 151 cm³/mol. The van der Waals surface area contributed by atoms with E-state index in [1.54, 1.807) is 0 Å². The summed E-state index contributed by atoms with van der Waals surface area (Å²) in [4.78, 5) is 4.78. The minimum atomic E-state index is 0.395. The summed E-state index contributed by atoms with van der Waals surface area (Å²) >= 11 is 0. The number of rotatable bonds is 8. The molecule has 0 atom stereocenters. The molecule has 1 aliphatic heterocycles. The highest BCUT2D eigenvalue weighted by Crippen LogP contribution is 2.34. The maximum Gasteiger partial charge on any atom is 0.243 e. The van der Waals surface area contributed by atoms with Gasteiger partial charge in [0.1, 0.15) is 18.9 Å². The lowest BCUT2D eigenvalue weighted by Gasteiger charge is -2.16. The molecule has 0 saturated heterocycles. The summed E-state index contributed by atoms with van der Waals surface area (Å²) in [6.45, 7) is 4.78. The Morgan fingerprint density at radius 2 is 1.55 bits per heavy atom. The van der Waals surface area contributed by atoms with Crippen molar-refractivity contribution in [2.45, 2.75) is 26.6 Å². The van der Waals surface area contributed by atoms with Crippen molar-refractivity contribution in [2.75, 3.05) is 13.1 Å². The van der Waals surface area contributed by atoms with Gasteiger partial charge in [0.15, 0.2) is 0 Å². The molecule has 2 aromatic heterocycles. The van der Waals surface area contributed by atoms with Gasteiger partial charge in [-0.2, -0.15) is 10.1 Å². The molecule has 6 heteroatoms. The van der Waals surface area contributed by atoms with Crippen LogP contribution in [-0.4, -0.2) is 27.9 Å². The van der Waals surface area contributed by atoms with E-state index in [2.05, 4.69) is 36.5 Å². The fraction of sp³-hybridized carbons (Fsp3) is 0.188. The average Bonchev–Trinajstić information content (AvgIpc) is 3.33. The molecule has 0 saturated carbocycles. The zero-order chi connectivity index (χ0) is 25.7. The van der Waals surface area contributed by atoms with E-state index in [1.165, 1.54) is 16.5 Å². The Balaban J connectivity index is 1.39. The number of hydrogen-bond acceptors (Lipinski definition) is 5. The zero-order valence-electron chi connectivity index (χ0n) is 21.4. The fourth-order valence-electron chi connectivity index (χ4n) is 4.89. The van der Waals surface area contributed by atoms with Crippen molar-refractivity contribution in [1.29, 1.82) is 0 Å². The van der Waals surface area contributed by atoms with Crippen molar-refractivity contribution in [3.05, 3.63) is 119 Å². The van der Waals surface area contributed by atoms with Crippen LogP contribution in [0.2, 0.25) is 0 Å². The van der Waals surface area contributed by atoms with E-state index in [9.17, 15) is 0 Å². The third-order valence-corrected chi connectivity index (χ3v) is 6.78. The van der Waals surface area contributed by atoms with Gasteiger partial charge in [-0.05, 0) is 54.3 Å². The first-order chi connectivity index (χ1) is 18.8. The topological polar surface area (TPSA) is 61.2 Å². The quantitative estimate of drug-likeness (QED) is 0.271. The van der Waals surface area contributed by atoms with Crippen molar-refractivity contribution < 1.29 is 9.47 Å². The van der Waals surface area contributed by atoms with Crippen LogP contribution < -0.4 is 14.8 Å². The third kappa shape index (κ3) is 5.04. The van der Waals surface area contributed by atoms with Gasteiger partial charge >= 0.3 is 0 Å². The number of aryl methyl sites for hydroxylation is 1. The summed E-state index contributed by atoms with van der Waals surface area (Å²) < 4.78 is 14.3. The molecule has 1 aliphatic rings. The molecule has 0 bridgehead atoms. The smallest absolute Gasteiger partial charge is 0.243 e. The van der Waals surface area contributed by atoms with Crippen LogP contribution in [-0.2, 0) is 13.2 Å². The van der Waals surface area contributed by atoms with Crippen LogP contribution >= 0.6 is 0 Å². The summed E-state index contributed by atoms with van der Waals surface area (Å²) in [5.74, 6) is 0.990. The number of aromatic nitrogens is 3. The number of pyridine rings is 1. The molecule has 5 aromatic rings. The first kappa shape index (κ1) is 23.9. The van der Waals surface area contributed by atoms with Gasteiger partial charge in [0, 0.05) is 18.0 Å². The Kier molecular flexibility index (Phi) is 6.87. The maximum absolute atomic E-state index is 6.30. The lowest BCUT2D eigenvalue weighted by molar-refractivity contribution is 0.267. The summed E-state index contributed by atoms with van der Waals surface area (Å²) in [6, 6.07) is 30.5. The Labute approximate surface area is 222 Å². The molecule has 190 valence electrons. The van der Waals surface area contributed by atoms with Gasteiger partial charge in [-0.3, -0.25) is 0 Å². The van der Waals surface area contributed by atoms with Gasteiger partial charge in [0.25, 0.3) is 0 Å². The van der Waals surface area contributed by atoms with Crippen LogP contribution in [0.4, 0.5) is 0 Å². The minimum absolute atomic E-state index is 0.395. The standard InChI is InChI=1S/C32H30N4O2/c1-23-31-27(26-17-19-33-20-18-26)13-8-14-28(31)36(35-23)29-15-16-30(37-21-24-9-4-2-5-10-24)34-32(29)38-22-25-11-6-3-7-12-25/h2-17,33H,18-22H2,1H3. The fourth-order valence-corrected chi connectivity index (χ4v) is 4.89. The van der Waals surface area contributed by atoms with Crippen molar-refractivity contribution >= 4 is 16.5 Å². The van der Waals surface area contributed by atoms with Crippen LogP contribution in [0.15, 0.2) is 97.1 Å². The summed E-state index contributed by atoms with van der Waals surface area (Å²) in [5, 5.41) is 9.54. The van der Waals surface area contributed by atoms with Crippen molar-refractivity contribution in [3.63, 3.8) is 0 Å². The van der Waals surface area contributed by atoms with Crippen LogP contribution in [0.25, 0.3) is 22.2 Å². The van der Waals surface area contributed by atoms with Crippen LogP contribution in [0.5, 0.6) is 11.8 Å². The largest absolute Gasteiger partial charge is 0.473 e. The molecule has 0 unspecified atom stereocenters. The molecular formula is C32H30N4O2. The van der Waals surface area contributed by atoms with Gasteiger partial charge in [-0.1, -0.05) is 78.9 Å². The van der Waals surface area contributed by atoms with E-state index in [0.29, 0.717) is 25.0 Å². The normalized spacial score (nSPS) is 13.3. The number of nitrogens with zero attached hydrogens (tertiary/aromatic N) is 3. The molecule has 0 spiro atoms. The molecule has 0 fully saturated rings. The van der Waals surface area contributed by atoms with E-state index in [0.717, 1.165) is 47.5 Å². The van der Waals surface area contributed by atoms with Gasteiger partial charge in [-0.15, -0.1) is 0 Å². The van der Waals surface area contributed by atoms with Gasteiger partial charge in [0.2, 0.25) is 11.8 Å². The molecule has 1 N–H and O–H groups in total. The third-order valence-electron chi connectivity index (χ3n) is 6.78. The molecule has 3 heterocycles. The van der Waals surface area contributed by atoms with Crippen LogP contribution in [0.3, 0.4) is 0 Å². The number of hydrogen-bond donors (Lipinski definition) is 1. The van der Waals surface area contributed by atoms with Crippen molar-refractivity contribution in [1.82, 2.24) is 20.1 Å². The molecule has 6 nitrogen and oxygen atoms in total. The molecule has 38 heavy (non-hydrogen) atoms. The molecule has 0 radical (unpaired) electrons. The highest BCUT2D eigenvalue weighted by Gasteiger charge is 2.19. The maximum atomic E-state index is 6.30. The highest BCUT2D eigenvalue weighted by molar-refractivity contribution is 5.95. The Morgan fingerprint density at radius 1 is 0.816 bits per heavy atom. The number of fused-ring (bicyclic) bond motifs is 1. The first-order valence-electron chi connectivity index (χ1n) is 13.0. The summed E-state index contributed by atoms with van der Waals surface area (Å²) in [6.07, 6.45) is 3.29. The average molecular weight is 503 g/mol. The molecule has 3 aromatic carbocycles. The highest BCUT2D eigenvalue weighted by atomic mass is 16.5. The number of benzene rings is 3. The zero-order valence-corrected chi connectivity index (χ0v) is 21.4. The summed E-state index contributed by atoms with van der Waals surface area (Å²) in [7, 11) is 0. The molecule has 0 amide bonds. The van der Waals surface area contributed by atoms with Gasteiger partial charge in [0.05, 0.1) is 11.2 Å². The van der Waals surface area contributed by atoms with E-state index in [4.69, 9.17) is 19.6 Å². The number of nitrogens with one attached hydrogen (secondary N) is 1. The molecule has 0 aliphatic carbocycles. The summed E-state index contributed by atoms with van der Waals surface area (Å²) in [5.41, 5.74) is 7.55. The van der Waals surface area contributed by atoms with Gasteiger partial charge < -0.3 is 14.8 Å². The van der Waals surface area contributed by atoms with Crippen LogP contribution in [0.1, 0.15) is 28.8 Å². The SMILES string of the molecule is Cc1nn(-c2ccc(OCc3ccccc3)nc2OCc2ccccc2)c2cccc(C3=CCNCC3)c12. The van der Waals surface area contributed by atoms with Crippen LogP contribution in [0, 0.1) is 6.92 Å². The number of ether oxygens (including phenoxy) is 2. The Bertz CT molecular complexity index is 1580. The molecule has 6 rings (SSSR count). The second-order valence-corrected chi connectivity index (χ2v) is 9.40. The Hall–Kier alpha value is -4.42. The lowest BCUT2D eigenvalue weighted by Crippen LogP contribution is -2.20. The Morgan fingerprint density at radius 3 is 2.26 bits per heavy atom. The van der Waals surface area contributed by atoms with E-state index in [-0.39, 0.29) is 0 Å². The molecular weight excluding hydrogens is 472 g/mol. The predicted octanol–water partition coefficient (Wildman–Crippen LogP) is 6.26. The van der Waals surface area contributed by atoms with E-state index in [1.807, 2.05) is 77.5 Å². The van der Waals surface area contributed by atoms with Crippen molar-refractivity contribution in [3.8, 4) is 17.4 Å². The van der Waals surface area contributed by atoms with E-state index < -0.39 is 0 Å². The lowest BCUT2D eigenvalue weighted by atomic mass is 9.96. The first-order valence-corrected chi connectivity index (χ1v) is 13.0. The second kappa shape index (κ2) is 10.9. The minimum Gasteiger partial charge on any atom is -0.473 e. The monoisotopic (exact) mass is 502 g/mol.